The van der Waals surface area contributed by atoms with Crippen molar-refractivity contribution in [2.24, 2.45) is 4.99 Å². The minimum Gasteiger partial charge on any atom is -0.370 e. The van der Waals surface area contributed by atoms with Crippen molar-refractivity contribution in [1.29, 1.82) is 0 Å². The predicted molar refractivity (Wildman–Crippen MR) is 127 cm³/mol. The number of halogens is 1. The third kappa shape index (κ3) is 6.13. The maximum atomic E-state index is 12.1. The molecule has 7 nitrogen and oxygen atoms in total. The van der Waals surface area contributed by atoms with Crippen LogP contribution < -0.4 is 10.6 Å². The zero-order valence-electron chi connectivity index (χ0n) is 17.0. The molecule has 1 aromatic carbocycles. The van der Waals surface area contributed by atoms with Crippen LogP contribution in [0.15, 0.2) is 34.8 Å². The molecule has 1 amide bonds. The van der Waals surface area contributed by atoms with Crippen molar-refractivity contribution in [3.05, 3.63) is 51.5 Å². The fraction of sp³-hybridized carbons (Fsp3) is 0.450. The zero-order chi connectivity index (χ0) is 19.9. The molecular formula is C20H28IN5O2S. The Morgan fingerprint density at radius 1 is 1.31 bits per heavy atom. The number of amides is 1. The second-order valence-electron chi connectivity index (χ2n) is 6.66. The van der Waals surface area contributed by atoms with Gasteiger partial charge in [0.15, 0.2) is 5.96 Å². The number of aryl methyl sites for hydroxylation is 2. The minimum absolute atomic E-state index is 0. The van der Waals surface area contributed by atoms with Gasteiger partial charge in [-0.15, -0.1) is 35.3 Å². The van der Waals surface area contributed by atoms with Gasteiger partial charge in [0.25, 0.3) is 5.91 Å². The summed E-state index contributed by atoms with van der Waals surface area (Å²) in [5, 5.41) is 6.26. The Morgan fingerprint density at radius 3 is 2.76 bits per heavy atom. The van der Waals surface area contributed by atoms with Crippen LogP contribution in [0.4, 0.5) is 0 Å². The van der Waals surface area contributed by atoms with Gasteiger partial charge in [0.1, 0.15) is 11.0 Å². The van der Waals surface area contributed by atoms with E-state index in [-0.39, 0.29) is 36.0 Å². The van der Waals surface area contributed by atoms with Crippen molar-refractivity contribution < 1.29 is 9.53 Å². The van der Waals surface area contributed by atoms with Gasteiger partial charge in [0, 0.05) is 26.7 Å². The van der Waals surface area contributed by atoms with Crippen LogP contribution >= 0.6 is 35.3 Å². The van der Waals surface area contributed by atoms with E-state index < -0.39 is 0 Å². The van der Waals surface area contributed by atoms with E-state index in [1.54, 1.807) is 12.6 Å². The summed E-state index contributed by atoms with van der Waals surface area (Å²) in [6, 6.07) is 8.32. The van der Waals surface area contributed by atoms with Crippen LogP contribution in [0, 0.1) is 13.8 Å². The lowest BCUT2D eigenvalue weighted by molar-refractivity contribution is -0.00829. The monoisotopic (exact) mass is 529 g/mol. The third-order valence-electron chi connectivity index (χ3n) is 4.76. The molecule has 2 aromatic rings. The maximum Gasteiger partial charge on any atom is 0.263 e. The van der Waals surface area contributed by atoms with Gasteiger partial charge >= 0.3 is 0 Å². The average Bonchev–Trinajstić information content (AvgIpc) is 3.14. The van der Waals surface area contributed by atoms with E-state index in [4.69, 9.17) is 4.74 Å². The number of nitrogens with one attached hydrogen (secondary N) is 2. The number of rotatable bonds is 5. The molecule has 29 heavy (non-hydrogen) atoms. The van der Waals surface area contributed by atoms with Crippen molar-refractivity contribution >= 4 is 47.2 Å². The second-order valence-corrected chi connectivity index (χ2v) is 7.51. The van der Waals surface area contributed by atoms with Crippen LogP contribution in [0.2, 0.25) is 0 Å². The summed E-state index contributed by atoms with van der Waals surface area (Å²) in [6.07, 6.45) is 0.0301. The second kappa shape index (κ2) is 11.5. The Morgan fingerprint density at radius 2 is 2.07 bits per heavy atom. The SMILES string of the molecule is CN=C(NCCNC(=O)c1scnc1C)N1CCOC(c2ccccc2C)C1.I. The number of carbonyl (C=O) groups excluding carboxylic acids is 1. The zero-order valence-corrected chi connectivity index (χ0v) is 20.1. The molecule has 2 N–H and O–H groups in total. The number of hydrogen-bond acceptors (Lipinski definition) is 5. The van der Waals surface area contributed by atoms with Crippen LogP contribution in [0.1, 0.15) is 32.6 Å². The van der Waals surface area contributed by atoms with Crippen molar-refractivity contribution in [1.82, 2.24) is 20.5 Å². The first-order valence-electron chi connectivity index (χ1n) is 9.41. The van der Waals surface area contributed by atoms with Crippen LogP contribution in [-0.4, -0.2) is 61.6 Å². The molecule has 1 aliphatic rings. The first-order chi connectivity index (χ1) is 13.6. The number of aromatic nitrogens is 1. The third-order valence-corrected chi connectivity index (χ3v) is 5.69. The van der Waals surface area contributed by atoms with E-state index >= 15 is 0 Å². The molecule has 1 aliphatic heterocycles. The summed E-state index contributed by atoms with van der Waals surface area (Å²) < 4.78 is 5.99. The van der Waals surface area contributed by atoms with Gasteiger partial charge in [-0.25, -0.2) is 4.98 Å². The molecule has 1 aromatic heterocycles. The largest absolute Gasteiger partial charge is 0.370 e. The number of morpholine rings is 1. The topological polar surface area (TPSA) is 78.8 Å². The summed E-state index contributed by atoms with van der Waals surface area (Å²) >= 11 is 1.36. The summed E-state index contributed by atoms with van der Waals surface area (Å²) in [5.41, 5.74) is 4.91. The highest BCUT2D eigenvalue weighted by molar-refractivity contribution is 14.0. The predicted octanol–water partition coefficient (Wildman–Crippen LogP) is 2.76. The normalized spacial score (nSPS) is 16.9. The molecule has 2 heterocycles. The van der Waals surface area contributed by atoms with Gasteiger partial charge in [-0.05, 0) is 25.0 Å². The fourth-order valence-electron chi connectivity index (χ4n) is 3.26. The number of guanidine groups is 1. The molecule has 0 saturated carbocycles. The van der Waals surface area contributed by atoms with E-state index in [0.29, 0.717) is 24.6 Å². The van der Waals surface area contributed by atoms with Crippen molar-refractivity contribution in [2.45, 2.75) is 20.0 Å². The Kier molecular flexibility index (Phi) is 9.31. The molecule has 3 rings (SSSR count). The highest BCUT2D eigenvalue weighted by Gasteiger charge is 2.25. The van der Waals surface area contributed by atoms with Gasteiger partial charge in [0.05, 0.1) is 24.4 Å². The molecule has 158 valence electrons. The van der Waals surface area contributed by atoms with E-state index in [1.165, 1.54) is 22.5 Å². The van der Waals surface area contributed by atoms with Crippen LogP contribution in [-0.2, 0) is 4.74 Å². The Labute approximate surface area is 193 Å². The number of nitrogens with zero attached hydrogens (tertiary/aromatic N) is 3. The van der Waals surface area contributed by atoms with Crippen molar-refractivity contribution in [3.63, 3.8) is 0 Å². The van der Waals surface area contributed by atoms with Gasteiger partial charge in [-0.3, -0.25) is 9.79 Å². The smallest absolute Gasteiger partial charge is 0.263 e. The van der Waals surface area contributed by atoms with Crippen LogP contribution in [0.25, 0.3) is 0 Å². The van der Waals surface area contributed by atoms with E-state index in [9.17, 15) is 4.79 Å². The number of benzene rings is 1. The summed E-state index contributed by atoms with van der Waals surface area (Å²) in [6.45, 7) is 7.25. The standard InChI is InChI=1S/C20H27N5O2S.HI/c1-14-6-4-5-7-16(14)17-12-25(10-11-27-17)20(21-3)23-9-8-22-19(26)18-15(2)24-13-28-18;/h4-7,13,17H,8-12H2,1-3H3,(H,21,23)(H,22,26);1H. The quantitative estimate of drug-likeness (QED) is 0.270. The number of carbonyl (C=O) groups is 1. The molecule has 0 bridgehead atoms. The average molecular weight is 529 g/mol. The molecule has 0 spiro atoms. The Hall–Kier alpha value is -1.72. The molecule has 0 aliphatic carbocycles. The Bertz CT molecular complexity index is 842. The van der Waals surface area contributed by atoms with Crippen LogP contribution in [0.3, 0.4) is 0 Å². The fourth-order valence-corrected chi connectivity index (χ4v) is 3.98. The van der Waals surface area contributed by atoms with Gasteiger partial charge in [-0.1, -0.05) is 24.3 Å². The number of thiazole rings is 1. The molecular weight excluding hydrogens is 501 g/mol. The molecule has 0 radical (unpaired) electrons. The van der Waals surface area contributed by atoms with Crippen molar-refractivity contribution in [3.8, 4) is 0 Å². The Balaban J connectivity index is 0.00000300. The van der Waals surface area contributed by atoms with Crippen LogP contribution in [0.5, 0.6) is 0 Å². The van der Waals surface area contributed by atoms with Gasteiger partial charge < -0.3 is 20.3 Å². The van der Waals surface area contributed by atoms with E-state index in [1.807, 2.05) is 19.1 Å². The lowest BCUT2D eigenvalue weighted by atomic mass is 10.0. The molecule has 1 unspecified atom stereocenters. The first-order valence-corrected chi connectivity index (χ1v) is 10.3. The molecule has 9 heteroatoms. The maximum absolute atomic E-state index is 12.1. The molecule has 1 atom stereocenters. The van der Waals surface area contributed by atoms with E-state index in [2.05, 4.69) is 44.6 Å². The summed E-state index contributed by atoms with van der Waals surface area (Å²) in [5.74, 6) is 0.743. The molecule has 1 saturated heterocycles. The summed E-state index contributed by atoms with van der Waals surface area (Å²) in [7, 11) is 1.78. The number of aliphatic imine (C=N–C) groups is 1. The summed E-state index contributed by atoms with van der Waals surface area (Å²) in [4.78, 5) is 23.5. The lowest BCUT2D eigenvalue weighted by Gasteiger charge is -2.35. The molecule has 1 fully saturated rings. The van der Waals surface area contributed by atoms with E-state index in [0.717, 1.165) is 24.7 Å². The lowest BCUT2D eigenvalue weighted by Crippen LogP contribution is -2.49. The number of hydrogen-bond donors (Lipinski definition) is 2. The van der Waals surface area contributed by atoms with Gasteiger partial charge in [0.2, 0.25) is 0 Å². The highest BCUT2D eigenvalue weighted by atomic mass is 127. The minimum atomic E-state index is -0.0808. The highest BCUT2D eigenvalue weighted by Crippen LogP contribution is 2.24. The first kappa shape index (κ1) is 23.6. The number of ether oxygens (including phenoxy) is 1. The van der Waals surface area contributed by atoms with Crippen molar-refractivity contribution in [2.75, 3.05) is 39.8 Å². The van der Waals surface area contributed by atoms with Gasteiger partial charge in [-0.2, -0.15) is 0 Å².